The zero-order valence-electron chi connectivity index (χ0n) is 12.0. The summed E-state index contributed by atoms with van der Waals surface area (Å²) in [5, 5.41) is 6.32. The molecule has 1 unspecified atom stereocenters. The van der Waals surface area contributed by atoms with Gasteiger partial charge in [-0.15, -0.1) is 0 Å². The summed E-state index contributed by atoms with van der Waals surface area (Å²) in [6.07, 6.45) is 0. The van der Waals surface area contributed by atoms with Crippen LogP contribution in [0.25, 0.3) is 0 Å². The second-order valence-electron chi connectivity index (χ2n) is 4.37. The van der Waals surface area contributed by atoms with Gasteiger partial charge in [-0.05, 0) is 31.0 Å². The fourth-order valence-electron chi connectivity index (χ4n) is 1.63. The van der Waals surface area contributed by atoms with Crippen molar-refractivity contribution >= 4 is 5.96 Å². The van der Waals surface area contributed by atoms with E-state index in [0.29, 0.717) is 24.7 Å². The number of ether oxygens (including phenoxy) is 1. The molecule has 4 nitrogen and oxygen atoms in total. The lowest BCUT2D eigenvalue weighted by molar-refractivity contribution is 0.203. The lowest BCUT2D eigenvalue weighted by atomic mass is 10.1. The van der Waals surface area contributed by atoms with E-state index in [9.17, 15) is 4.39 Å². The lowest BCUT2D eigenvalue weighted by Gasteiger charge is -2.18. The number of benzene rings is 1. The van der Waals surface area contributed by atoms with Crippen molar-refractivity contribution < 1.29 is 9.13 Å². The third-order valence-corrected chi connectivity index (χ3v) is 2.87. The minimum Gasteiger partial charge on any atom is -0.383 e. The second kappa shape index (κ2) is 7.74. The minimum atomic E-state index is -0.187. The second-order valence-corrected chi connectivity index (χ2v) is 4.37. The Morgan fingerprint density at radius 2 is 2.21 bits per heavy atom. The van der Waals surface area contributed by atoms with E-state index < -0.39 is 0 Å². The molecule has 0 heterocycles. The summed E-state index contributed by atoms with van der Waals surface area (Å²) in [6, 6.07) is 5.22. The molecule has 0 amide bonds. The van der Waals surface area contributed by atoms with E-state index in [0.717, 1.165) is 5.56 Å². The minimum absolute atomic E-state index is 0.0242. The van der Waals surface area contributed by atoms with E-state index in [-0.39, 0.29) is 11.9 Å². The number of rotatable bonds is 5. The molecule has 2 N–H and O–H groups in total. The van der Waals surface area contributed by atoms with Crippen LogP contribution in [0.1, 0.15) is 24.1 Å². The molecule has 0 bridgehead atoms. The van der Waals surface area contributed by atoms with E-state index in [1.54, 1.807) is 33.2 Å². The van der Waals surface area contributed by atoms with Crippen LogP contribution in [-0.2, 0) is 4.74 Å². The Kier molecular flexibility index (Phi) is 6.29. The first-order valence-electron chi connectivity index (χ1n) is 6.30. The molecule has 0 aliphatic rings. The molecule has 19 heavy (non-hydrogen) atoms. The van der Waals surface area contributed by atoms with Crippen molar-refractivity contribution in [3.63, 3.8) is 0 Å². The maximum absolute atomic E-state index is 13.5. The Morgan fingerprint density at radius 3 is 2.79 bits per heavy atom. The van der Waals surface area contributed by atoms with Crippen LogP contribution < -0.4 is 10.6 Å². The quantitative estimate of drug-likeness (QED) is 0.487. The van der Waals surface area contributed by atoms with Crippen molar-refractivity contribution in [1.82, 2.24) is 10.6 Å². The number of nitrogens with one attached hydrogen (secondary N) is 2. The van der Waals surface area contributed by atoms with Gasteiger partial charge >= 0.3 is 0 Å². The van der Waals surface area contributed by atoms with Crippen LogP contribution in [0, 0.1) is 12.7 Å². The number of hydrogen-bond acceptors (Lipinski definition) is 2. The highest BCUT2D eigenvalue weighted by atomic mass is 19.1. The summed E-state index contributed by atoms with van der Waals surface area (Å²) >= 11 is 0. The van der Waals surface area contributed by atoms with Crippen molar-refractivity contribution in [2.45, 2.75) is 19.9 Å². The normalized spacial score (nSPS) is 13.2. The average molecular weight is 267 g/mol. The first kappa shape index (κ1) is 15.4. The van der Waals surface area contributed by atoms with Crippen LogP contribution >= 0.6 is 0 Å². The van der Waals surface area contributed by atoms with Gasteiger partial charge in [0, 0.05) is 20.7 Å². The number of halogens is 1. The maximum atomic E-state index is 13.5. The SMILES string of the molecule is CN=C(NCCOC)NC(C)c1ccc(C)c(F)c1. The molecule has 5 heteroatoms. The van der Waals surface area contributed by atoms with Crippen molar-refractivity contribution in [3.8, 4) is 0 Å². The van der Waals surface area contributed by atoms with Crippen LogP contribution in [-0.4, -0.2) is 33.3 Å². The van der Waals surface area contributed by atoms with Gasteiger partial charge in [0.2, 0.25) is 0 Å². The predicted octanol–water partition coefficient (Wildman–Crippen LogP) is 2.01. The van der Waals surface area contributed by atoms with E-state index in [2.05, 4.69) is 15.6 Å². The molecule has 106 valence electrons. The van der Waals surface area contributed by atoms with Gasteiger partial charge in [-0.2, -0.15) is 0 Å². The smallest absolute Gasteiger partial charge is 0.191 e. The summed E-state index contributed by atoms with van der Waals surface area (Å²) in [6.45, 7) is 5.00. The fourth-order valence-corrected chi connectivity index (χ4v) is 1.63. The van der Waals surface area contributed by atoms with Crippen LogP contribution in [0.15, 0.2) is 23.2 Å². The highest BCUT2D eigenvalue weighted by Crippen LogP contribution is 2.16. The van der Waals surface area contributed by atoms with Gasteiger partial charge in [-0.1, -0.05) is 12.1 Å². The molecule has 0 radical (unpaired) electrons. The van der Waals surface area contributed by atoms with Crippen molar-refractivity contribution in [2.75, 3.05) is 27.3 Å². The molecule has 1 aromatic rings. The molecule has 1 atom stereocenters. The highest BCUT2D eigenvalue weighted by Gasteiger charge is 2.09. The van der Waals surface area contributed by atoms with Crippen molar-refractivity contribution in [3.05, 3.63) is 35.1 Å². The lowest BCUT2D eigenvalue weighted by Crippen LogP contribution is -2.40. The Hall–Kier alpha value is -1.62. The molecule has 0 aromatic heterocycles. The molecule has 0 aliphatic carbocycles. The van der Waals surface area contributed by atoms with E-state index >= 15 is 0 Å². The van der Waals surface area contributed by atoms with Gasteiger partial charge < -0.3 is 15.4 Å². The summed E-state index contributed by atoms with van der Waals surface area (Å²) in [7, 11) is 3.35. The monoisotopic (exact) mass is 267 g/mol. The number of aliphatic imine (C=N–C) groups is 1. The largest absolute Gasteiger partial charge is 0.383 e. The van der Waals surface area contributed by atoms with Gasteiger partial charge in [0.25, 0.3) is 0 Å². The van der Waals surface area contributed by atoms with E-state index in [4.69, 9.17) is 4.74 Å². The van der Waals surface area contributed by atoms with Crippen LogP contribution in [0.4, 0.5) is 4.39 Å². The van der Waals surface area contributed by atoms with Crippen LogP contribution in [0.5, 0.6) is 0 Å². The number of methoxy groups -OCH3 is 1. The standard InChI is InChI=1S/C14H22FN3O/c1-10-5-6-12(9-13(10)15)11(2)18-14(16-3)17-7-8-19-4/h5-6,9,11H,7-8H2,1-4H3,(H2,16,17,18). The number of hydrogen-bond donors (Lipinski definition) is 2. The molecule has 0 saturated heterocycles. The van der Waals surface area contributed by atoms with Crippen molar-refractivity contribution in [1.29, 1.82) is 0 Å². The summed E-state index contributed by atoms with van der Waals surface area (Å²) in [5.74, 6) is 0.485. The first-order valence-corrected chi connectivity index (χ1v) is 6.30. The van der Waals surface area contributed by atoms with Crippen LogP contribution in [0.2, 0.25) is 0 Å². The van der Waals surface area contributed by atoms with E-state index in [1.165, 1.54) is 0 Å². The third-order valence-electron chi connectivity index (χ3n) is 2.87. The fraction of sp³-hybridized carbons (Fsp3) is 0.500. The Labute approximate surface area is 114 Å². The number of aryl methyl sites for hydroxylation is 1. The molecule has 0 spiro atoms. The maximum Gasteiger partial charge on any atom is 0.191 e. The van der Waals surface area contributed by atoms with Crippen LogP contribution in [0.3, 0.4) is 0 Å². The predicted molar refractivity (Wildman–Crippen MR) is 75.9 cm³/mol. The zero-order chi connectivity index (χ0) is 14.3. The molecule has 0 fully saturated rings. The van der Waals surface area contributed by atoms with Gasteiger partial charge in [0.1, 0.15) is 5.82 Å². The van der Waals surface area contributed by atoms with Gasteiger partial charge in [0.15, 0.2) is 5.96 Å². The molecular formula is C14H22FN3O. The summed E-state index contributed by atoms with van der Waals surface area (Å²) in [5.41, 5.74) is 1.54. The van der Waals surface area contributed by atoms with Gasteiger partial charge in [-0.3, -0.25) is 4.99 Å². The van der Waals surface area contributed by atoms with Crippen molar-refractivity contribution in [2.24, 2.45) is 4.99 Å². The Morgan fingerprint density at radius 1 is 1.47 bits per heavy atom. The zero-order valence-corrected chi connectivity index (χ0v) is 12.0. The third kappa shape index (κ3) is 4.87. The molecule has 0 aliphatic heterocycles. The first-order chi connectivity index (χ1) is 9.08. The number of guanidine groups is 1. The summed E-state index contributed by atoms with van der Waals surface area (Å²) in [4.78, 5) is 4.11. The topological polar surface area (TPSA) is 45.7 Å². The average Bonchev–Trinajstić information content (AvgIpc) is 2.40. The summed E-state index contributed by atoms with van der Waals surface area (Å²) < 4.78 is 18.5. The Balaban J connectivity index is 2.61. The number of nitrogens with zero attached hydrogens (tertiary/aromatic N) is 1. The van der Waals surface area contributed by atoms with Gasteiger partial charge in [-0.25, -0.2) is 4.39 Å². The van der Waals surface area contributed by atoms with Gasteiger partial charge in [0.05, 0.1) is 12.6 Å². The Bertz CT molecular complexity index is 435. The highest BCUT2D eigenvalue weighted by molar-refractivity contribution is 5.80. The van der Waals surface area contributed by atoms with E-state index in [1.807, 2.05) is 13.0 Å². The molecule has 1 aromatic carbocycles. The molecular weight excluding hydrogens is 245 g/mol. The molecule has 0 saturated carbocycles. The molecule has 1 rings (SSSR count).